The molecule has 0 radical (unpaired) electrons. The maximum absolute atomic E-state index is 12.8. The van der Waals surface area contributed by atoms with E-state index in [1.165, 1.54) is 70.7 Å². The molecule has 0 aliphatic rings. The van der Waals surface area contributed by atoms with Crippen molar-refractivity contribution in [2.45, 2.75) is 0 Å². The van der Waals surface area contributed by atoms with Crippen molar-refractivity contribution in [2.24, 2.45) is 0 Å². The van der Waals surface area contributed by atoms with Crippen LogP contribution in [-0.2, 0) is 0 Å². The average Bonchev–Trinajstić information content (AvgIpc) is 3.21. The molecule has 0 aliphatic heterocycles. The molecule has 20 nitrogen and oxygen atoms in total. The number of hydrazine groups is 1. The summed E-state index contributed by atoms with van der Waals surface area (Å²) in [6.07, 6.45) is 2.08. The molecule has 2 aromatic carbocycles. The fourth-order valence-electron chi connectivity index (χ4n) is 5.70. The highest BCUT2D eigenvalue weighted by molar-refractivity contribution is 6.37. The molecule has 0 saturated heterocycles. The molecule has 0 spiro atoms. The van der Waals surface area contributed by atoms with E-state index in [1.54, 1.807) is 24.3 Å². The first-order valence-electron chi connectivity index (χ1n) is 17.2. The van der Waals surface area contributed by atoms with Crippen molar-refractivity contribution in [3.63, 3.8) is 0 Å². The summed E-state index contributed by atoms with van der Waals surface area (Å²) in [6.45, 7) is -0.629. The summed E-state index contributed by atoms with van der Waals surface area (Å²) >= 11 is 25.4. The predicted octanol–water partition coefficient (Wildman–Crippen LogP) is 9.30. The molecule has 24 heteroatoms. The number of rotatable bonds is 17. The van der Waals surface area contributed by atoms with Gasteiger partial charge in [-0.15, -0.1) is 0 Å². The highest BCUT2D eigenvalue weighted by Gasteiger charge is 2.33. The topological polar surface area (TPSA) is 255 Å². The van der Waals surface area contributed by atoms with Crippen molar-refractivity contribution in [3.05, 3.63) is 158 Å². The molecule has 4 aromatic heterocycles. The minimum atomic E-state index is -0.684. The number of anilines is 4. The number of hydrogen-bond donors (Lipinski definition) is 2. The molecule has 6 aromatic rings. The molecule has 0 bridgehead atoms. The molecule has 0 aliphatic carbocycles. The minimum absolute atomic E-state index is 0.0834. The molecule has 6 rings (SSSR count). The second-order valence-corrected chi connectivity index (χ2v) is 13.9. The van der Waals surface area contributed by atoms with Gasteiger partial charge in [-0.25, -0.2) is 19.9 Å². The van der Waals surface area contributed by atoms with Crippen molar-refractivity contribution in [1.29, 1.82) is 0 Å². The standard InChI is InChI=1S/C36H26Cl4N12O8/c37-21-1-5-25(27(39)17-21)29-7-9-31(51(57)58)35(45-29)47(15-13-41-33-11-3-23(19-43-33)49(53)54)48(16-14-42-34-12-4-24(20-44-34)50(55)56)36-32(52(59)60)10-8-30(46-36)26-6-2-22(38)18-28(26)40/h1-12,17-20H,13-16H2,(H,41,43)(H,42,44). The minimum Gasteiger partial charge on any atom is -0.368 e. The Balaban J connectivity index is 1.53. The molecule has 0 saturated carbocycles. The first-order chi connectivity index (χ1) is 28.7. The molecule has 0 atom stereocenters. The van der Waals surface area contributed by atoms with Crippen molar-refractivity contribution >= 4 is 92.4 Å². The number of halogens is 4. The van der Waals surface area contributed by atoms with Gasteiger partial charge in [0.2, 0.25) is 11.6 Å². The van der Waals surface area contributed by atoms with Gasteiger partial charge in [-0.1, -0.05) is 46.4 Å². The van der Waals surface area contributed by atoms with E-state index in [4.69, 9.17) is 56.4 Å². The lowest BCUT2D eigenvalue weighted by molar-refractivity contribution is -0.385. The van der Waals surface area contributed by atoms with Crippen LogP contribution >= 0.6 is 46.4 Å². The van der Waals surface area contributed by atoms with Crippen LogP contribution < -0.4 is 20.7 Å². The number of nitrogens with zero attached hydrogens (tertiary/aromatic N) is 10. The Kier molecular flexibility index (Phi) is 13.3. The molecule has 0 fully saturated rings. The molecule has 60 heavy (non-hydrogen) atoms. The second kappa shape index (κ2) is 18.7. The zero-order chi connectivity index (χ0) is 43.1. The number of nitrogens with one attached hydrogen (secondary N) is 2. The zero-order valence-corrected chi connectivity index (χ0v) is 33.3. The van der Waals surface area contributed by atoms with E-state index < -0.39 is 31.1 Å². The van der Waals surface area contributed by atoms with Crippen LogP contribution in [0.25, 0.3) is 22.5 Å². The van der Waals surface area contributed by atoms with E-state index in [9.17, 15) is 40.5 Å². The third kappa shape index (κ3) is 9.99. The summed E-state index contributed by atoms with van der Waals surface area (Å²) in [5, 5.41) is 57.6. The van der Waals surface area contributed by atoms with Crippen molar-refractivity contribution < 1.29 is 19.7 Å². The fourth-order valence-corrected chi connectivity index (χ4v) is 6.71. The Bertz CT molecular complexity index is 2430. The summed E-state index contributed by atoms with van der Waals surface area (Å²) in [4.78, 5) is 62.9. The Morgan fingerprint density at radius 1 is 0.517 bits per heavy atom. The van der Waals surface area contributed by atoms with E-state index in [1.807, 2.05) is 0 Å². The average molecular weight is 896 g/mol. The highest BCUT2D eigenvalue weighted by atomic mass is 35.5. The number of hydrogen-bond acceptors (Lipinski definition) is 16. The van der Waals surface area contributed by atoms with Crippen molar-refractivity contribution in [3.8, 4) is 22.5 Å². The van der Waals surface area contributed by atoms with Gasteiger partial charge in [-0.05, 0) is 60.7 Å². The van der Waals surface area contributed by atoms with Gasteiger partial charge >= 0.3 is 11.4 Å². The van der Waals surface area contributed by atoms with E-state index >= 15 is 0 Å². The first-order valence-corrected chi connectivity index (χ1v) is 18.7. The third-order valence-electron chi connectivity index (χ3n) is 8.47. The Labute approximate surface area is 357 Å². The van der Waals surface area contributed by atoms with Crippen LogP contribution in [0, 0.1) is 40.5 Å². The van der Waals surface area contributed by atoms with Gasteiger partial charge in [-0.3, -0.25) is 50.5 Å². The Morgan fingerprint density at radius 2 is 0.917 bits per heavy atom. The van der Waals surface area contributed by atoms with Crippen LogP contribution in [0.2, 0.25) is 20.1 Å². The lowest BCUT2D eigenvalue weighted by Gasteiger charge is -2.36. The largest absolute Gasteiger partial charge is 0.368 e. The van der Waals surface area contributed by atoms with Gasteiger partial charge in [0.15, 0.2) is 0 Å². The van der Waals surface area contributed by atoms with Crippen LogP contribution in [0.3, 0.4) is 0 Å². The van der Waals surface area contributed by atoms with Gasteiger partial charge in [-0.2, -0.15) is 0 Å². The zero-order valence-electron chi connectivity index (χ0n) is 30.3. The maximum Gasteiger partial charge on any atom is 0.313 e. The highest BCUT2D eigenvalue weighted by Crippen LogP contribution is 2.39. The molecule has 4 heterocycles. The number of nitro groups is 4. The summed E-state index contributed by atoms with van der Waals surface area (Å²) in [5.74, 6) is -0.209. The van der Waals surface area contributed by atoms with Crippen LogP contribution in [0.4, 0.5) is 46.0 Å². The van der Waals surface area contributed by atoms with Gasteiger partial charge in [0.05, 0.1) is 54.2 Å². The summed E-state index contributed by atoms with van der Waals surface area (Å²) in [5.41, 5.74) is -0.523. The quantitative estimate of drug-likeness (QED) is 0.0638. The molecule has 306 valence electrons. The predicted molar refractivity (Wildman–Crippen MR) is 226 cm³/mol. The monoisotopic (exact) mass is 894 g/mol. The van der Waals surface area contributed by atoms with Crippen LogP contribution in [0.15, 0.2) is 97.3 Å². The van der Waals surface area contributed by atoms with Gasteiger partial charge in [0.25, 0.3) is 11.4 Å². The number of benzene rings is 2. The van der Waals surface area contributed by atoms with E-state index in [0.29, 0.717) is 21.2 Å². The molecule has 0 unspecified atom stereocenters. The molecule has 2 N–H and O–H groups in total. The van der Waals surface area contributed by atoms with E-state index in [2.05, 4.69) is 20.6 Å². The summed E-state index contributed by atoms with van der Waals surface area (Å²) in [7, 11) is 0. The molecular weight excluding hydrogens is 870 g/mol. The van der Waals surface area contributed by atoms with Crippen LogP contribution in [0.1, 0.15) is 0 Å². The SMILES string of the molecule is O=[N+]([O-])c1ccc(NCCN(c2nc(-c3ccc(Cl)cc3Cl)ccc2[N+](=O)[O-])N(CCNc2ccc([N+](=O)[O-])cn2)c2nc(-c3ccc(Cl)cc3Cl)ccc2[N+](=O)[O-])nc1. The first kappa shape index (κ1) is 42.6. The van der Waals surface area contributed by atoms with Crippen LogP contribution in [-0.4, -0.2) is 65.8 Å². The lowest BCUT2D eigenvalue weighted by Crippen LogP contribution is -2.49. The second-order valence-electron chi connectivity index (χ2n) is 12.3. The van der Waals surface area contributed by atoms with E-state index in [0.717, 1.165) is 12.4 Å². The maximum atomic E-state index is 12.8. The van der Waals surface area contributed by atoms with Crippen LogP contribution in [0.5, 0.6) is 0 Å². The third-order valence-corrected chi connectivity index (χ3v) is 9.57. The molecule has 0 amide bonds. The van der Waals surface area contributed by atoms with Crippen molar-refractivity contribution in [2.75, 3.05) is 46.8 Å². The molecular formula is C36H26Cl4N12O8. The van der Waals surface area contributed by atoms with Crippen molar-refractivity contribution in [1.82, 2.24) is 19.9 Å². The summed E-state index contributed by atoms with van der Waals surface area (Å²) in [6, 6.07) is 19.5. The smallest absolute Gasteiger partial charge is 0.313 e. The van der Waals surface area contributed by atoms with Gasteiger partial charge in [0, 0.05) is 58.5 Å². The van der Waals surface area contributed by atoms with Gasteiger partial charge in [0.1, 0.15) is 24.0 Å². The fraction of sp³-hybridized carbons (Fsp3) is 0.111. The van der Waals surface area contributed by atoms with E-state index in [-0.39, 0.29) is 82.3 Å². The Hall–Kier alpha value is -7.00. The summed E-state index contributed by atoms with van der Waals surface area (Å²) < 4.78 is 0. The number of aromatic nitrogens is 4. The number of pyridine rings is 4. The normalized spacial score (nSPS) is 10.8. The Morgan fingerprint density at radius 3 is 1.23 bits per heavy atom. The van der Waals surface area contributed by atoms with Gasteiger partial charge < -0.3 is 10.6 Å². The lowest BCUT2D eigenvalue weighted by atomic mass is 10.1.